The Kier molecular flexibility index (Phi) is 3.28. The summed E-state index contributed by atoms with van der Waals surface area (Å²) >= 11 is 0. The lowest BCUT2D eigenvalue weighted by molar-refractivity contribution is -0.137. The molecular formula is C14H8F3N3O2. The minimum atomic E-state index is -4.61. The Hall–Kier alpha value is -2.90. The summed E-state index contributed by atoms with van der Waals surface area (Å²) in [5, 5.41) is 3.55. The molecule has 22 heavy (non-hydrogen) atoms. The van der Waals surface area contributed by atoms with Crippen molar-refractivity contribution >= 4 is 0 Å². The lowest BCUT2D eigenvalue weighted by Gasteiger charge is -2.13. The zero-order valence-corrected chi connectivity index (χ0v) is 10.9. The second-order valence-electron chi connectivity index (χ2n) is 4.36. The summed E-state index contributed by atoms with van der Waals surface area (Å²) in [6, 6.07) is 7.86. The van der Waals surface area contributed by atoms with E-state index in [4.69, 9.17) is 0 Å². The summed E-state index contributed by atoms with van der Waals surface area (Å²) in [6.07, 6.45) is -1.74. The molecule has 0 atom stereocenters. The Morgan fingerprint density at radius 3 is 2.55 bits per heavy atom. The van der Waals surface area contributed by atoms with Crippen molar-refractivity contribution in [2.45, 2.75) is 6.18 Å². The molecule has 0 unspecified atom stereocenters. The first-order valence-corrected chi connectivity index (χ1v) is 6.14. The highest BCUT2D eigenvalue weighted by atomic mass is 19.4. The summed E-state index contributed by atoms with van der Waals surface area (Å²) in [7, 11) is 0. The van der Waals surface area contributed by atoms with E-state index in [0.717, 1.165) is 10.6 Å². The van der Waals surface area contributed by atoms with Crippen molar-refractivity contribution in [2.24, 2.45) is 0 Å². The summed E-state index contributed by atoms with van der Waals surface area (Å²) in [4.78, 5) is 15.7. The molecule has 0 fully saturated rings. The number of hydrogen-bond donors (Lipinski definition) is 0. The first kappa shape index (κ1) is 14.1. The number of benzene rings is 1. The van der Waals surface area contributed by atoms with Crippen LogP contribution in [0.5, 0.6) is 0 Å². The average molecular weight is 307 g/mol. The minimum Gasteiger partial charge on any atom is -0.295 e. The largest absolute Gasteiger partial charge is 0.446 e. The summed E-state index contributed by atoms with van der Waals surface area (Å²) in [5.41, 5.74) is -0.934. The molecule has 0 aliphatic rings. The van der Waals surface area contributed by atoms with Gasteiger partial charge in [0.1, 0.15) is 0 Å². The van der Waals surface area contributed by atoms with E-state index in [1.54, 1.807) is 12.1 Å². The number of hydrogen-bond acceptors (Lipinski definition) is 4. The third-order valence-electron chi connectivity index (χ3n) is 2.97. The number of alkyl halides is 3. The normalized spacial score (nSPS) is 11.6. The quantitative estimate of drug-likeness (QED) is 0.730. The Morgan fingerprint density at radius 1 is 1.09 bits per heavy atom. The lowest BCUT2D eigenvalue weighted by Crippen LogP contribution is -2.18. The van der Waals surface area contributed by atoms with Gasteiger partial charge in [0.25, 0.3) is 0 Å². The monoisotopic (exact) mass is 307 g/mol. The van der Waals surface area contributed by atoms with E-state index in [0.29, 0.717) is 5.56 Å². The Balaban J connectivity index is 2.28. The van der Waals surface area contributed by atoms with Crippen molar-refractivity contribution in [3.63, 3.8) is 0 Å². The number of para-hydroxylation sites is 1. The van der Waals surface area contributed by atoms with Crippen LogP contribution in [-0.4, -0.2) is 14.7 Å². The fourth-order valence-corrected chi connectivity index (χ4v) is 2.05. The van der Waals surface area contributed by atoms with Crippen LogP contribution in [-0.2, 0) is 6.18 Å². The van der Waals surface area contributed by atoms with Gasteiger partial charge in [-0.3, -0.25) is 9.51 Å². The second kappa shape index (κ2) is 5.14. The van der Waals surface area contributed by atoms with Gasteiger partial charge in [-0.15, -0.1) is 0 Å². The van der Waals surface area contributed by atoms with E-state index in [1.165, 1.54) is 30.6 Å². The van der Waals surface area contributed by atoms with Gasteiger partial charge in [0.05, 0.1) is 11.3 Å². The Bertz CT molecular complexity index is 854. The SMILES string of the molecule is O=c1onc(-c2cccnc2)n1-c1ccccc1C(F)(F)F. The fraction of sp³-hybridized carbons (Fsp3) is 0.0714. The van der Waals surface area contributed by atoms with E-state index < -0.39 is 17.5 Å². The van der Waals surface area contributed by atoms with E-state index in [9.17, 15) is 18.0 Å². The van der Waals surface area contributed by atoms with Crippen LogP contribution < -0.4 is 5.76 Å². The summed E-state index contributed by atoms with van der Waals surface area (Å²) in [5.74, 6) is -1.05. The predicted octanol–water partition coefficient (Wildman–Crippen LogP) is 2.91. The van der Waals surface area contributed by atoms with Gasteiger partial charge in [-0.25, -0.2) is 9.36 Å². The van der Waals surface area contributed by atoms with Crippen LogP contribution in [0.15, 0.2) is 58.1 Å². The van der Waals surface area contributed by atoms with E-state index in [-0.39, 0.29) is 11.5 Å². The van der Waals surface area contributed by atoms with Crippen molar-refractivity contribution < 1.29 is 17.7 Å². The molecule has 3 aromatic rings. The molecule has 8 heteroatoms. The van der Waals surface area contributed by atoms with Crippen molar-refractivity contribution in [3.8, 4) is 17.1 Å². The molecule has 0 aliphatic carbocycles. The van der Waals surface area contributed by atoms with Gasteiger partial charge in [-0.1, -0.05) is 17.3 Å². The molecule has 0 radical (unpaired) electrons. The van der Waals surface area contributed by atoms with Crippen LogP contribution in [0.25, 0.3) is 17.1 Å². The molecule has 2 heterocycles. The number of aromatic nitrogens is 3. The van der Waals surface area contributed by atoms with Gasteiger partial charge < -0.3 is 0 Å². The molecule has 0 N–H and O–H groups in total. The maximum atomic E-state index is 13.1. The molecule has 0 saturated heterocycles. The molecule has 112 valence electrons. The molecule has 3 rings (SSSR count). The molecule has 2 aromatic heterocycles. The minimum absolute atomic E-state index is 0.0465. The number of halogens is 3. The Morgan fingerprint density at radius 2 is 1.86 bits per heavy atom. The molecule has 0 amide bonds. The highest BCUT2D eigenvalue weighted by Crippen LogP contribution is 2.34. The highest BCUT2D eigenvalue weighted by molar-refractivity contribution is 5.57. The van der Waals surface area contributed by atoms with Gasteiger partial charge in [-0.05, 0) is 24.3 Å². The standard InChI is InChI=1S/C14H8F3N3O2/c15-14(16,17)10-5-1-2-6-11(10)20-12(19-22-13(20)21)9-4-3-7-18-8-9/h1-8H. The van der Waals surface area contributed by atoms with Crippen molar-refractivity contribution in [1.29, 1.82) is 0 Å². The zero-order valence-electron chi connectivity index (χ0n) is 10.9. The lowest BCUT2D eigenvalue weighted by atomic mass is 10.1. The van der Waals surface area contributed by atoms with Gasteiger partial charge >= 0.3 is 11.9 Å². The first-order valence-electron chi connectivity index (χ1n) is 6.14. The molecule has 0 bridgehead atoms. The maximum absolute atomic E-state index is 13.1. The predicted molar refractivity (Wildman–Crippen MR) is 70.3 cm³/mol. The zero-order chi connectivity index (χ0) is 15.7. The topological polar surface area (TPSA) is 60.9 Å². The van der Waals surface area contributed by atoms with Crippen molar-refractivity contribution in [2.75, 3.05) is 0 Å². The van der Waals surface area contributed by atoms with Crippen LogP contribution in [0, 0.1) is 0 Å². The summed E-state index contributed by atoms with van der Waals surface area (Å²) in [6.45, 7) is 0. The number of pyridine rings is 1. The van der Waals surface area contributed by atoms with Crippen LogP contribution in [0.4, 0.5) is 13.2 Å². The molecule has 5 nitrogen and oxygen atoms in total. The van der Waals surface area contributed by atoms with Gasteiger partial charge in [0.2, 0.25) is 0 Å². The average Bonchev–Trinajstić information content (AvgIpc) is 2.89. The van der Waals surface area contributed by atoms with Gasteiger partial charge in [0, 0.05) is 18.0 Å². The van der Waals surface area contributed by atoms with E-state index in [2.05, 4.69) is 14.7 Å². The van der Waals surface area contributed by atoms with Crippen molar-refractivity contribution in [3.05, 3.63) is 64.9 Å². The Labute approximate surface area is 121 Å². The molecule has 0 saturated carbocycles. The molecule has 1 aromatic carbocycles. The van der Waals surface area contributed by atoms with Gasteiger partial charge in [0.15, 0.2) is 5.82 Å². The van der Waals surface area contributed by atoms with Crippen LogP contribution >= 0.6 is 0 Å². The fourth-order valence-electron chi connectivity index (χ4n) is 2.05. The van der Waals surface area contributed by atoms with Crippen LogP contribution in [0.2, 0.25) is 0 Å². The molecule has 0 aliphatic heterocycles. The first-order chi connectivity index (χ1) is 10.5. The van der Waals surface area contributed by atoms with Crippen LogP contribution in [0.1, 0.15) is 5.56 Å². The molecule has 0 spiro atoms. The third kappa shape index (κ3) is 2.39. The highest BCUT2D eigenvalue weighted by Gasteiger charge is 2.35. The van der Waals surface area contributed by atoms with Gasteiger partial charge in [-0.2, -0.15) is 13.2 Å². The maximum Gasteiger partial charge on any atom is 0.446 e. The number of rotatable bonds is 2. The molecular weight excluding hydrogens is 299 g/mol. The van der Waals surface area contributed by atoms with Crippen LogP contribution in [0.3, 0.4) is 0 Å². The smallest absolute Gasteiger partial charge is 0.295 e. The number of nitrogens with zero attached hydrogens (tertiary/aromatic N) is 3. The summed E-state index contributed by atoms with van der Waals surface area (Å²) < 4.78 is 44.7. The van der Waals surface area contributed by atoms with E-state index >= 15 is 0 Å². The second-order valence-corrected chi connectivity index (χ2v) is 4.36. The third-order valence-corrected chi connectivity index (χ3v) is 2.97. The van der Waals surface area contributed by atoms with Crippen molar-refractivity contribution in [1.82, 2.24) is 14.7 Å². The van der Waals surface area contributed by atoms with E-state index in [1.807, 2.05) is 0 Å².